The van der Waals surface area contributed by atoms with Crippen molar-refractivity contribution in [1.82, 2.24) is 9.97 Å². The predicted molar refractivity (Wildman–Crippen MR) is 53.3 cm³/mol. The molecule has 0 saturated heterocycles. The third kappa shape index (κ3) is 1.99. The quantitative estimate of drug-likeness (QED) is 0.758. The summed E-state index contributed by atoms with van der Waals surface area (Å²) in [5.74, 6) is -0.633. The standard InChI is InChI=1S/C11H9FN2O/c12-11-9(7-15)1-2-10(14-11)8-3-5-13-6-4-8/h1-6,15H,7H2. The third-order valence-electron chi connectivity index (χ3n) is 2.07. The zero-order valence-corrected chi connectivity index (χ0v) is 7.89. The Balaban J connectivity index is 2.43. The van der Waals surface area contributed by atoms with Crippen LogP contribution in [0.4, 0.5) is 4.39 Å². The van der Waals surface area contributed by atoms with Crippen molar-refractivity contribution in [2.75, 3.05) is 0 Å². The SMILES string of the molecule is OCc1ccc(-c2ccncc2)nc1F. The van der Waals surface area contributed by atoms with Crippen LogP contribution in [0.25, 0.3) is 11.3 Å². The minimum absolute atomic E-state index is 0.202. The van der Waals surface area contributed by atoms with E-state index < -0.39 is 5.95 Å². The molecule has 2 rings (SSSR count). The lowest BCUT2D eigenvalue weighted by molar-refractivity contribution is 0.274. The van der Waals surface area contributed by atoms with Gasteiger partial charge in [0.15, 0.2) is 0 Å². The fourth-order valence-electron chi connectivity index (χ4n) is 1.26. The molecule has 4 heteroatoms. The van der Waals surface area contributed by atoms with E-state index >= 15 is 0 Å². The number of aliphatic hydroxyl groups excluding tert-OH is 1. The molecular formula is C11H9FN2O. The summed E-state index contributed by atoms with van der Waals surface area (Å²) in [6.45, 7) is -0.338. The minimum Gasteiger partial charge on any atom is -0.392 e. The molecule has 2 heterocycles. The first-order valence-electron chi connectivity index (χ1n) is 4.48. The molecule has 0 fully saturated rings. The molecule has 0 spiro atoms. The lowest BCUT2D eigenvalue weighted by Crippen LogP contribution is -1.95. The van der Waals surface area contributed by atoms with Crippen molar-refractivity contribution < 1.29 is 9.50 Å². The summed E-state index contributed by atoms with van der Waals surface area (Å²) in [7, 11) is 0. The Kier molecular flexibility index (Phi) is 2.69. The number of aromatic nitrogens is 2. The van der Waals surface area contributed by atoms with Gasteiger partial charge in [0.25, 0.3) is 0 Å². The number of hydrogen-bond acceptors (Lipinski definition) is 3. The van der Waals surface area contributed by atoms with Crippen LogP contribution in [0.5, 0.6) is 0 Å². The van der Waals surface area contributed by atoms with Crippen LogP contribution >= 0.6 is 0 Å². The molecule has 0 unspecified atom stereocenters. The summed E-state index contributed by atoms with van der Waals surface area (Å²) in [6.07, 6.45) is 3.24. The van der Waals surface area contributed by atoms with E-state index in [1.807, 2.05) is 0 Å². The van der Waals surface area contributed by atoms with Gasteiger partial charge < -0.3 is 5.11 Å². The lowest BCUT2D eigenvalue weighted by Gasteiger charge is -2.02. The van der Waals surface area contributed by atoms with E-state index in [1.165, 1.54) is 6.07 Å². The highest BCUT2D eigenvalue weighted by atomic mass is 19.1. The molecular weight excluding hydrogens is 195 g/mol. The maximum atomic E-state index is 13.2. The molecule has 0 bridgehead atoms. The largest absolute Gasteiger partial charge is 0.392 e. The van der Waals surface area contributed by atoms with Crippen LogP contribution in [0.1, 0.15) is 5.56 Å². The normalized spacial score (nSPS) is 10.3. The zero-order chi connectivity index (χ0) is 10.7. The van der Waals surface area contributed by atoms with Gasteiger partial charge in [0.1, 0.15) is 0 Å². The van der Waals surface area contributed by atoms with Crippen molar-refractivity contribution in [3.8, 4) is 11.3 Å². The number of halogens is 1. The maximum Gasteiger partial charge on any atom is 0.218 e. The van der Waals surface area contributed by atoms with Crippen LogP contribution < -0.4 is 0 Å². The molecule has 2 aromatic rings. The Morgan fingerprint density at radius 1 is 1.13 bits per heavy atom. The van der Waals surface area contributed by atoms with Crippen molar-refractivity contribution in [2.24, 2.45) is 0 Å². The first kappa shape index (κ1) is 9.73. The Morgan fingerprint density at radius 3 is 2.47 bits per heavy atom. The van der Waals surface area contributed by atoms with Crippen molar-refractivity contribution >= 4 is 0 Å². The summed E-state index contributed by atoms with van der Waals surface area (Å²) in [5, 5.41) is 8.79. The first-order chi connectivity index (χ1) is 7.31. The number of rotatable bonds is 2. The van der Waals surface area contributed by atoms with E-state index in [0.717, 1.165) is 5.56 Å². The smallest absolute Gasteiger partial charge is 0.218 e. The average molecular weight is 204 g/mol. The maximum absolute atomic E-state index is 13.2. The summed E-state index contributed by atoms with van der Waals surface area (Å²) in [6, 6.07) is 6.70. The molecule has 0 amide bonds. The van der Waals surface area contributed by atoms with E-state index in [1.54, 1.807) is 30.6 Å². The first-order valence-corrected chi connectivity index (χ1v) is 4.48. The predicted octanol–water partition coefficient (Wildman–Crippen LogP) is 1.77. The molecule has 0 aromatic carbocycles. The Hall–Kier alpha value is -1.81. The molecule has 3 nitrogen and oxygen atoms in total. The van der Waals surface area contributed by atoms with Gasteiger partial charge in [0.2, 0.25) is 5.95 Å². The molecule has 76 valence electrons. The van der Waals surface area contributed by atoms with Gasteiger partial charge in [-0.25, -0.2) is 4.98 Å². The van der Waals surface area contributed by atoms with Gasteiger partial charge in [0, 0.05) is 23.5 Å². The molecule has 2 aromatic heterocycles. The Morgan fingerprint density at radius 2 is 1.87 bits per heavy atom. The minimum atomic E-state index is -0.633. The molecule has 1 N–H and O–H groups in total. The molecule has 0 aliphatic heterocycles. The highest BCUT2D eigenvalue weighted by Crippen LogP contribution is 2.17. The van der Waals surface area contributed by atoms with E-state index in [2.05, 4.69) is 9.97 Å². The van der Waals surface area contributed by atoms with Gasteiger partial charge in [-0.05, 0) is 24.3 Å². The monoisotopic (exact) mass is 204 g/mol. The number of aliphatic hydroxyl groups is 1. The van der Waals surface area contributed by atoms with Crippen molar-refractivity contribution in [3.05, 3.63) is 48.2 Å². The van der Waals surface area contributed by atoms with Crippen LogP contribution in [0.3, 0.4) is 0 Å². The van der Waals surface area contributed by atoms with Gasteiger partial charge in [0.05, 0.1) is 12.3 Å². The highest BCUT2D eigenvalue weighted by Gasteiger charge is 2.05. The Labute approximate surface area is 86.3 Å². The summed E-state index contributed by atoms with van der Waals surface area (Å²) in [4.78, 5) is 7.63. The molecule has 0 aliphatic rings. The number of hydrogen-bond donors (Lipinski definition) is 1. The molecule has 0 aliphatic carbocycles. The van der Waals surface area contributed by atoms with Crippen molar-refractivity contribution in [1.29, 1.82) is 0 Å². The molecule has 0 saturated carbocycles. The van der Waals surface area contributed by atoms with Crippen LogP contribution in [0.15, 0.2) is 36.7 Å². The Bertz CT molecular complexity index is 459. The van der Waals surface area contributed by atoms with E-state index in [9.17, 15) is 4.39 Å². The zero-order valence-electron chi connectivity index (χ0n) is 7.89. The average Bonchev–Trinajstić information content (AvgIpc) is 2.30. The number of nitrogens with zero attached hydrogens (tertiary/aromatic N) is 2. The summed E-state index contributed by atoms with van der Waals surface area (Å²) in [5.41, 5.74) is 1.54. The van der Waals surface area contributed by atoms with Crippen LogP contribution in [-0.4, -0.2) is 15.1 Å². The van der Waals surface area contributed by atoms with Gasteiger partial charge >= 0.3 is 0 Å². The second-order valence-corrected chi connectivity index (χ2v) is 3.04. The third-order valence-corrected chi connectivity index (χ3v) is 2.07. The molecule has 0 radical (unpaired) electrons. The van der Waals surface area contributed by atoms with Gasteiger partial charge in [-0.15, -0.1) is 0 Å². The van der Waals surface area contributed by atoms with Gasteiger partial charge in [-0.3, -0.25) is 4.98 Å². The molecule has 15 heavy (non-hydrogen) atoms. The summed E-state index contributed by atoms with van der Waals surface area (Å²) >= 11 is 0. The van der Waals surface area contributed by atoms with E-state index in [0.29, 0.717) is 5.69 Å². The fourth-order valence-corrected chi connectivity index (χ4v) is 1.26. The van der Waals surface area contributed by atoms with Crippen molar-refractivity contribution in [2.45, 2.75) is 6.61 Å². The number of pyridine rings is 2. The topological polar surface area (TPSA) is 46.0 Å². The van der Waals surface area contributed by atoms with E-state index in [-0.39, 0.29) is 12.2 Å². The lowest BCUT2D eigenvalue weighted by atomic mass is 10.1. The summed E-state index contributed by atoms with van der Waals surface area (Å²) < 4.78 is 13.2. The van der Waals surface area contributed by atoms with Crippen molar-refractivity contribution in [3.63, 3.8) is 0 Å². The second-order valence-electron chi connectivity index (χ2n) is 3.04. The highest BCUT2D eigenvalue weighted by molar-refractivity contribution is 5.58. The van der Waals surface area contributed by atoms with Crippen LogP contribution in [0.2, 0.25) is 0 Å². The second kappa shape index (κ2) is 4.14. The van der Waals surface area contributed by atoms with Crippen LogP contribution in [0, 0.1) is 5.95 Å². The van der Waals surface area contributed by atoms with E-state index in [4.69, 9.17) is 5.11 Å². The molecule has 0 atom stereocenters. The fraction of sp³-hybridized carbons (Fsp3) is 0.0909. The van der Waals surface area contributed by atoms with Crippen LogP contribution in [-0.2, 0) is 6.61 Å². The van der Waals surface area contributed by atoms with Gasteiger partial charge in [-0.2, -0.15) is 4.39 Å². The van der Waals surface area contributed by atoms with Gasteiger partial charge in [-0.1, -0.05) is 0 Å².